The van der Waals surface area contributed by atoms with E-state index in [2.05, 4.69) is 27.6 Å². The maximum atomic E-state index is 14.6. The first-order valence-electron chi connectivity index (χ1n) is 22.3. The number of benzene rings is 5. The van der Waals surface area contributed by atoms with Crippen LogP contribution < -0.4 is 10.6 Å². The Balaban J connectivity index is 1.12. The zero-order chi connectivity index (χ0) is 49.3. The Labute approximate surface area is 412 Å². The summed E-state index contributed by atoms with van der Waals surface area (Å²) in [5.74, 6) is 2.23. The molecule has 2 amide bonds. The molecule has 0 aliphatic carbocycles. The number of allylic oxidation sites excluding steroid dienone is 2. The van der Waals surface area contributed by atoms with Crippen LogP contribution in [0.25, 0.3) is 0 Å². The summed E-state index contributed by atoms with van der Waals surface area (Å²) in [6.07, 6.45) is 2.20. The third-order valence-electron chi connectivity index (χ3n) is 11.2. The minimum atomic E-state index is -1.82. The summed E-state index contributed by atoms with van der Waals surface area (Å²) in [6.45, 7) is 6.11. The highest BCUT2D eigenvalue weighted by Crippen LogP contribution is 2.41. The fourth-order valence-corrected chi connectivity index (χ4v) is 10.6. The normalized spacial score (nSPS) is 16.9. The van der Waals surface area contributed by atoms with Crippen LogP contribution in [0.2, 0.25) is 0 Å². The molecule has 1 aromatic heterocycles. The van der Waals surface area contributed by atoms with Gasteiger partial charge in [-0.3, -0.25) is 18.7 Å². The number of oxime groups is 1. The molecule has 6 aromatic rings. The Hall–Kier alpha value is -7.93. The van der Waals surface area contributed by atoms with Gasteiger partial charge in [-0.05, 0) is 73.2 Å². The van der Waals surface area contributed by atoms with Crippen molar-refractivity contribution in [1.29, 1.82) is 0 Å². The predicted octanol–water partition coefficient (Wildman–Crippen LogP) is 8.19. The van der Waals surface area contributed by atoms with Crippen molar-refractivity contribution in [2.24, 2.45) is 5.16 Å². The van der Waals surface area contributed by atoms with Crippen LogP contribution in [0.3, 0.4) is 0 Å². The second-order valence-corrected chi connectivity index (χ2v) is 19.5. The average molecular weight is 972 g/mol. The fraction of sp³-hybridized carbons (Fsp3) is 0.200. The Morgan fingerprint density at radius 1 is 0.843 bits per heavy atom. The predicted molar refractivity (Wildman–Crippen MR) is 269 cm³/mol. The van der Waals surface area contributed by atoms with Crippen molar-refractivity contribution in [3.63, 3.8) is 0 Å². The van der Waals surface area contributed by atoms with E-state index < -0.39 is 69.8 Å². The van der Waals surface area contributed by atoms with Crippen LogP contribution in [-0.4, -0.2) is 72.9 Å². The molecule has 3 heterocycles. The summed E-state index contributed by atoms with van der Waals surface area (Å²) in [6, 6.07) is 46.6. The number of rotatable bonds is 16. The number of anilines is 1. The third kappa shape index (κ3) is 10.7. The largest absolute Gasteiger partial charge is 0.457 e. The van der Waals surface area contributed by atoms with Crippen LogP contribution >= 0.6 is 11.3 Å². The van der Waals surface area contributed by atoms with Crippen LogP contribution in [0.1, 0.15) is 67.3 Å². The van der Waals surface area contributed by atoms with E-state index in [0.29, 0.717) is 16.3 Å². The molecule has 2 N–H and O–H groups in total. The summed E-state index contributed by atoms with van der Waals surface area (Å²) < 4.78 is 25.8. The van der Waals surface area contributed by atoms with E-state index in [1.165, 1.54) is 17.4 Å². The molecule has 1 saturated heterocycles. The fourth-order valence-electron chi connectivity index (χ4n) is 8.21. The van der Waals surface area contributed by atoms with Gasteiger partial charge in [0.05, 0.1) is 16.6 Å². The summed E-state index contributed by atoms with van der Waals surface area (Å²) in [5, 5.41) is 11.3. The lowest BCUT2D eigenvalue weighted by atomic mass is 9.77. The lowest BCUT2D eigenvalue weighted by Crippen LogP contribution is -2.74. The monoisotopic (exact) mass is 971 g/mol. The number of thiazole rings is 1. The Morgan fingerprint density at radius 3 is 1.89 bits per heavy atom. The van der Waals surface area contributed by atoms with E-state index in [-0.39, 0.29) is 28.4 Å². The maximum absolute atomic E-state index is 14.6. The van der Waals surface area contributed by atoms with Crippen LogP contribution in [0.5, 0.6) is 0 Å². The quantitative estimate of drug-likeness (QED) is 0.0241. The topological polar surface area (TPSA) is 166 Å². The molecule has 13 nitrogen and oxygen atoms in total. The van der Waals surface area contributed by atoms with Crippen molar-refractivity contribution in [2.75, 3.05) is 17.7 Å². The van der Waals surface area contributed by atoms with Crippen LogP contribution in [0, 0.1) is 11.8 Å². The lowest BCUT2D eigenvalue weighted by Gasteiger charge is -2.49. The molecule has 1 fully saturated rings. The van der Waals surface area contributed by atoms with Crippen molar-refractivity contribution in [2.45, 2.75) is 56.4 Å². The maximum Gasteiger partial charge on any atom is 0.356 e. The van der Waals surface area contributed by atoms with Gasteiger partial charge in [0, 0.05) is 5.38 Å². The molecule has 5 aromatic carbocycles. The molecular weight excluding hydrogens is 923 g/mol. The van der Waals surface area contributed by atoms with E-state index in [4.69, 9.17) is 19.3 Å². The minimum Gasteiger partial charge on any atom is -0.457 e. The highest BCUT2D eigenvalue weighted by Gasteiger charge is 2.57. The summed E-state index contributed by atoms with van der Waals surface area (Å²) in [4.78, 5) is 67.6. The Morgan fingerprint density at radius 2 is 1.37 bits per heavy atom. The van der Waals surface area contributed by atoms with Gasteiger partial charge in [0.25, 0.3) is 11.8 Å². The number of nitrogens with one attached hydrogen (secondary N) is 2. The van der Waals surface area contributed by atoms with Crippen LogP contribution in [0.15, 0.2) is 186 Å². The number of esters is 2. The van der Waals surface area contributed by atoms with Gasteiger partial charge < -0.3 is 24.9 Å². The molecule has 8 rings (SSSR count). The Kier molecular flexibility index (Phi) is 15.0. The van der Waals surface area contributed by atoms with Crippen molar-refractivity contribution >= 4 is 56.7 Å². The van der Waals surface area contributed by atoms with Crippen LogP contribution in [0.4, 0.5) is 5.13 Å². The van der Waals surface area contributed by atoms with Gasteiger partial charge in [0.2, 0.25) is 6.61 Å². The standard InChI is InChI=1S/C55H49N5O8S2/c1-5-6-12-27-39-36-70(65)51-46(50(63)60(51)47(39)52(64)67-48(37-23-13-7-14-24-37)38-25-15-8-16-26-38)57-49(62)45(59-66-34-44(61)68-54(2,3)4)43-35-69-53(56-43)58-55(40-28-17-9-18-29-40,41-30-19-10-20-31-41)42-32-21-11-22-33-42/h7-33,35,46,48,51H,34,36H2,1-4H3,(H,56,58)(H,57,62)/t46-,51-,70+/m1/s1. The first-order chi connectivity index (χ1) is 33.9. The number of hydrogen-bond acceptors (Lipinski definition) is 12. The molecule has 354 valence electrons. The molecule has 0 spiro atoms. The molecule has 0 radical (unpaired) electrons. The number of amides is 2. The molecule has 0 bridgehead atoms. The van der Waals surface area contributed by atoms with Gasteiger partial charge in [-0.1, -0.05) is 163 Å². The number of carbonyl (C=O) groups excluding carboxylic acids is 4. The van der Waals surface area contributed by atoms with Crippen molar-refractivity contribution in [3.05, 3.63) is 214 Å². The molecule has 3 atom stereocenters. The number of carbonyl (C=O) groups is 4. The lowest BCUT2D eigenvalue weighted by molar-refractivity contribution is -0.160. The molecule has 15 heteroatoms. The van der Waals surface area contributed by atoms with Crippen molar-refractivity contribution in [3.8, 4) is 11.8 Å². The molecule has 0 saturated carbocycles. The molecule has 2 aliphatic rings. The van der Waals surface area contributed by atoms with Gasteiger partial charge in [-0.15, -0.1) is 17.3 Å². The summed E-state index contributed by atoms with van der Waals surface area (Å²) in [5.41, 5.74) is 2.16. The number of hydrogen-bond donors (Lipinski definition) is 2. The third-order valence-corrected chi connectivity index (χ3v) is 13.6. The van der Waals surface area contributed by atoms with E-state index in [9.17, 15) is 23.4 Å². The molecule has 70 heavy (non-hydrogen) atoms. The second-order valence-electron chi connectivity index (χ2n) is 17.1. The first-order valence-corrected chi connectivity index (χ1v) is 24.6. The summed E-state index contributed by atoms with van der Waals surface area (Å²) >= 11 is 1.20. The second kappa shape index (κ2) is 21.6. The number of aromatic nitrogens is 1. The number of β-lactam (4-membered cyclic amide) rings is 1. The SMILES string of the molecule is CC#CC=CC1=C(C(=O)OC(c2ccccc2)c2ccccc2)N2C(=O)[C@@H](NC(=O)C(=NOCC(=O)OC(C)(C)C)c3csc(NC(c4ccccc4)(c4ccccc4)c4ccccc4)n3)[C@H]2[S@@](=O)C1. The van der Waals surface area contributed by atoms with Gasteiger partial charge in [-0.25, -0.2) is 14.6 Å². The van der Waals surface area contributed by atoms with E-state index in [0.717, 1.165) is 21.6 Å². The van der Waals surface area contributed by atoms with E-state index in [1.807, 2.05) is 152 Å². The van der Waals surface area contributed by atoms with E-state index >= 15 is 0 Å². The number of fused-ring (bicyclic) bond motifs is 1. The highest BCUT2D eigenvalue weighted by molar-refractivity contribution is 7.86. The minimum absolute atomic E-state index is 0.0483. The average Bonchev–Trinajstić information content (AvgIpc) is 3.83. The highest BCUT2D eigenvalue weighted by atomic mass is 32.2. The zero-order valence-corrected chi connectivity index (χ0v) is 40.4. The molecule has 0 unspecified atom stereocenters. The van der Waals surface area contributed by atoms with Gasteiger partial charge in [-0.2, -0.15) is 0 Å². The zero-order valence-electron chi connectivity index (χ0n) is 38.7. The van der Waals surface area contributed by atoms with E-state index in [1.54, 1.807) is 39.2 Å². The first kappa shape index (κ1) is 48.5. The number of ether oxygens (including phenoxy) is 2. The number of nitrogens with zero attached hydrogens (tertiary/aromatic N) is 3. The van der Waals surface area contributed by atoms with Gasteiger partial charge in [0.15, 0.2) is 16.9 Å². The smallest absolute Gasteiger partial charge is 0.356 e. The van der Waals surface area contributed by atoms with Crippen molar-refractivity contribution in [1.82, 2.24) is 15.2 Å². The van der Waals surface area contributed by atoms with Gasteiger partial charge in [0.1, 0.15) is 33.9 Å². The van der Waals surface area contributed by atoms with Crippen molar-refractivity contribution < 1.29 is 37.7 Å². The molecule has 2 aliphatic heterocycles. The van der Waals surface area contributed by atoms with Crippen LogP contribution in [-0.2, 0) is 49.8 Å². The van der Waals surface area contributed by atoms with Gasteiger partial charge >= 0.3 is 11.9 Å². The Bertz CT molecular complexity index is 2900. The molecular formula is C55H49N5O8S2. The summed E-state index contributed by atoms with van der Waals surface area (Å²) in [7, 11) is -1.82.